The third-order valence-corrected chi connectivity index (χ3v) is 4.66. The van der Waals surface area contributed by atoms with Crippen LogP contribution in [0.15, 0.2) is 5.38 Å². The Labute approximate surface area is 109 Å². The van der Waals surface area contributed by atoms with E-state index in [2.05, 4.69) is 22.6 Å². The zero-order valence-corrected chi connectivity index (χ0v) is 11.7. The average Bonchev–Trinajstić information content (AvgIpc) is 2.76. The van der Waals surface area contributed by atoms with Crippen LogP contribution >= 0.6 is 11.3 Å². The molecule has 0 aliphatic heterocycles. The third-order valence-electron chi connectivity index (χ3n) is 3.64. The molecule has 0 unspecified atom stereocenters. The van der Waals surface area contributed by atoms with Crippen LogP contribution in [0.5, 0.6) is 0 Å². The van der Waals surface area contributed by atoms with Gasteiger partial charge in [0.05, 0.1) is 5.01 Å². The fourth-order valence-electron chi connectivity index (χ4n) is 2.62. The van der Waals surface area contributed by atoms with Crippen molar-refractivity contribution in [1.82, 2.24) is 10.3 Å². The second-order valence-corrected chi connectivity index (χ2v) is 6.12. The summed E-state index contributed by atoms with van der Waals surface area (Å²) in [6.45, 7) is 4.34. The molecule has 1 aromatic rings. The van der Waals surface area contributed by atoms with E-state index in [1.807, 2.05) is 0 Å². The zero-order valence-electron chi connectivity index (χ0n) is 10.9. The summed E-state index contributed by atoms with van der Waals surface area (Å²) < 4.78 is 0. The average molecular weight is 252 g/mol. The summed E-state index contributed by atoms with van der Waals surface area (Å²) in [5, 5.41) is 6.96. The van der Waals surface area contributed by atoms with Crippen molar-refractivity contribution in [3.63, 3.8) is 0 Å². The molecule has 0 aromatic carbocycles. The van der Waals surface area contributed by atoms with Gasteiger partial charge in [0.1, 0.15) is 0 Å². The maximum absolute atomic E-state index is 4.48. The van der Waals surface area contributed by atoms with Gasteiger partial charge in [0.15, 0.2) is 0 Å². The second kappa shape index (κ2) is 7.12. The van der Waals surface area contributed by atoms with Crippen LogP contribution in [0.1, 0.15) is 49.2 Å². The normalized spacial score (nSPS) is 17.5. The molecule has 96 valence electrons. The van der Waals surface area contributed by atoms with Gasteiger partial charge in [-0.15, -0.1) is 11.3 Å². The highest BCUT2D eigenvalue weighted by atomic mass is 32.1. The summed E-state index contributed by atoms with van der Waals surface area (Å²) >= 11 is 1.78. The minimum absolute atomic E-state index is 0.998. The third kappa shape index (κ3) is 4.76. The van der Waals surface area contributed by atoms with Gasteiger partial charge in [-0.2, -0.15) is 0 Å². The van der Waals surface area contributed by atoms with Crippen molar-refractivity contribution in [2.24, 2.45) is 5.92 Å². The summed E-state index contributed by atoms with van der Waals surface area (Å²) in [6.07, 6.45) is 9.78. The highest BCUT2D eigenvalue weighted by molar-refractivity contribution is 7.09. The van der Waals surface area contributed by atoms with Crippen molar-refractivity contribution in [2.75, 3.05) is 13.1 Å². The number of hydrogen-bond acceptors (Lipinski definition) is 3. The maximum Gasteiger partial charge on any atom is 0.0940 e. The fourth-order valence-corrected chi connectivity index (χ4v) is 3.40. The van der Waals surface area contributed by atoms with Gasteiger partial charge in [-0.05, 0) is 25.8 Å². The lowest BCUT2D eigenvalue weighted by Crippen LogP contribution is -2.21. The van der Waals surface area contributed by atoms with E-state index in [9.17, 15) is 0 Å². The summed E-state index contributed by atoms with van der Waals surface area (Å²) in [6, 6.07) is 0. The summed E-state index contributed by atoms with van der Waals surface area (Å²) in [5.74, 6) is 0.998. The highest BCUT2D eigenvalue weighted by Gasteiger charge is 2.12. The first-order valence-electron chi connectivity index (χ1n) is 6.96. The molecular formula is C14H24N2S. The molecule has 0 saturated heterocycles. The van der Waals surface area contributed by atoms with Crippen LogP contribution < -0.4 is 5.32 Å². The van der Waals surface area contributed by atoms with Crippen molar-refractivity contribution < 1.29 is 0 Å². The van der Waals surface area contributed by atoms with E-state index in [4.69, 9.17) is 0 Å². The van der Waals surface area contributed by atoms with Gasteiger partial charge in [-0.25, -0.2) is 4.98 Å². The van der Waals surface area contributed by atoms with Crippen LogP contribution in [0.25, 0.3) is 0 Å². The lowest BCUT2D eigenvalue weighted by atomic mass is 9.87. The van der Waals surface area contributed by atoms with Gasteiger partial charge in [0.2, 0.25) is 0 Å². The van der Waals surface area contributed by atoms with Gasteiger partial charge in [0, 0.05) is 24.0 Å². The van der Waals surface area contributed by atoms with E-state index in [-0.39, 0.29) is 0 Å². The Morgan fingerprint density at radius 1 is 1.29 bits per heavy atom. The van der Waals surface area contributed by atoms with Crippen LogP contribution in [0.3, 0.4) is 0 Å². The van der Waals surface area contributed by atoms with E-state index in [0.717, 1.165) is 24.6 Å². The van der Waals surface area contributed by atoms with Crippen molar-refractivity contribution in [3.8, 4) is 0 Å². The molecular weight excluding hydrogens is 228 g/mol. The molecule has 1 N–H and O–H groups in total. The van der Waals surface area contributed by atoms with E-state index < -0.39 is 0 Å². The molecule has 0 bridgehead atoms. The van der Waals surface area contributed by atoms with E-state index in [1.165, 1.54) is 50.1 Å². The standard InChI is InChI=1S/C14H24N2S/c1-12-11-17-14(16-12)8-10-15-9-7-13-5-3-2-4-6-13/h11,13,15H,2-10H2,1H3. The smallest absolute Gasteiger partial charge is 0.0940 e. The summed E-state index contributed by atoms with van der Waals surface area (Å²) in [4.78, 5) is 4.48. The molecule has 0 amide bonds. The molecule has 3 heteroatoms. The number of aryl methyl sites for hydroxylation is 1. The van der Waals surface area contributed by atoms with Crippen molar-refractivity contribution >= 4 is 11.3 Å². The summed E-state index contributed by atoms with van der Waals surface area (Å²) in [5.41, 5.74) is 1.16. The van der Waals surface area contributed by atoms with Crippen LogP contribution in [-0.2, 0) is 6.42 Å². The topological polar surface area (TPSA) is 24.9 Å². The van der Waals surface area contributed by atoms with Gasteiger partial charge < -0.3 is 5.32 Å². The predicted molar refractivity (Wildman–Crippen MR) is 74.6 cm³/mol. The molecule has 1 heterocycles. The number of rotatable bonds is 6. The molecule has 1 aliphatic rings. The Bertz CT molecular complexity index is 316. The van der Waals surface area contributed by atoms with Gasteiger partial charge in [-0.3, -0.25) is 0 Å². The molecule has 1 saturated carbocycles. The molecule has 1 fully saturated rings. The molecule has 0 spiro atoms. The first kappa shape index (κ1) is 13.0. The first-order valence-corrected chi connectivity index (χ1v) is 7.84. The number of nitrogens with zero attached hydrogens (tertiary/aromatic N) is 1. The van der Waals surface area contributed by atoms with E-state index >= 15 is 0 Å². The fraction of sp³-hybridized carbons (Fsp3) is 0.786. The quantitative estimate of drug-likeness (QED) is 0.783. The molecule has 1 aliphatic carbocycles. The lowest BCUT2D eigenvalue weighted by Gasteiger charge is -2.21. The largest absolute Gasteiger partial charge is 0.316 e. The monoisotopic (exact) mass is 252 g/mol. The van der Waals surface area contributed by atoms with Crippen molar-refractivity contribution in [1.29, 1.82) is 0 Å². The lowest BCUT2D eigenvalue weighted by molar-refractivity contribution is 0.334. The number of thiazole rings is 1. The minimum Gasteiger partial charge on any atom is -0.316 e. The molecule has 2 rings (SSSR count). The Morgan fingerprint density at radius 2 is 2.12 bits per heavy atom. The van der Waals surface area contributed by atoms with Crippen LogP contribution in [0.4, 0.5) is 0 Å². The summed E-state index contributed by atoms with van der Waals surface area (Å²) in [7, 11) is 0. The van der Waals surface area contributed by atoms with Crippen LogP contribution in [0.2, 0.25) is 0 Å². The molecule has 1 aromatic heterocycles. The first-order chi connectivity index (χ1) is 8.34. The van der Waals surface area contributed by atoms with E-state index in [0.29, 0.717) is 0 Å². The second-order valence-electron chi connectivity index (χ2n) is 5.18. The van der Waals surface area contributed by atoms with E-state index in [1.54, 1.807) is 11.3 Å². The molecule has 2 nitrogen and oxygen atoms in total. The zero-order chi connectivity index (χ0) is 11.9. The van der Waals surface area contributed by atoms with Gasteiger partial charge in [-0.1, -0.05) is 32.1 Å². The van der Waals surface area contributed by atoms with Crippen molar-refractivity contribution in [3.05, 3.63) is 16.1 Å². The molecule has 17 heavy (non-hydrogen) atoms. The maximum atomic E-state index is 4.48. The van der Waals surface area contributed by atoms with Crippen LogP contribution in [0, 0.1) is 12.8 Å². The number of hydrogen-bond donors (Lipinski definition) is 1. The van der Waals surface area contributed by atoms with Gasteiger partial charge in [0.25, 0.3) is 0 Å². The molecule has 0 radical (unpaired) electrons. The minimum atomic E-state index is 0.998. The number of nitrogens with one attached hydrogen (secondary N) is 1. The SMILES string of the molecule is Cc1csc(CCNCCC2CCCCC2)n1. The van der Waals surface area contributed by atoms with Crippen LogP contribution in [-0.4, -0.2) is 18.1 Å². The Hall–Kier alpha value is -0.410. The Balaban J connectivity index is 1.51. The molecule has 0 atom stereocenters. The Morgan fingerprint density at radius 3 is 2.82 bits per heavy atom. The van der Waals surface area contributed by atoms with Gasteiger partial charge >= 0.3 is 0 Å². The Kier molecular flexibility index (Phi) is 5.46. The predicted octanol–water partition coefficient (Wildman–Crippen LogP) is 3.55. The number of aromatic nitrogens is 1. The van der Waals surface area contributed by atoms with Crippen molar-refractivity contribution in [2.45, 2.75) is 51.9 Å². The highest BCUT2D eigenvalue weighted by Crippen LogP contribution is 2.25.